The third-order valence-corrected chi connectivity index (χ3v) is 4.89. The Morgan fingerprint density at radius 2 is 1.73 bits per heavy atom. The molecule has 0 spiro atoms. The van der Waals surface area contributed by atoms with Gasteiger partial charge in [-0.25, -0.2) is 12.8 Å². The zero-order valence-corrected chi connectivity index (χ0v) is 12.8. The van der Waals surface area contributed by atoms with Gasteiger partial charge in [0.05, 0.1) is 4.90 Å². The Balaban J connectivity index is 2.43. The smallest absolute Gasteiger partial charge is 0.216 e. The standard InChI is InChI=1S/C17H14FNO2S/c1-2-13-3-5-14(6-4-13)11-17(12-19)22(20,21)16-9-7-15(18)8-10-16/h3-11H,2H2,1H3/b17-11+. The van der Waals surface area contributed by atoms with Crippen LogP contribution in [0.1, 0.15) is 18.1 Å². The van der Waals surface area contributed by atoms with Gasteiger partial charge in [0, 0.05) is 0 Å². The van der Waals surface area contributed by atoms with Crippen LogP contribution in [-0.4, -0.2) is 8.42 Å². The van der Waals surface area contributed by atoms with Crippen molar-refractivity contribution >= 4 is 15.9 Å². The van der Waals surface area contributed by atoms with E-state index in [2.05, 4.69) is 0 Å². The van der Waals surface area contributed by atoms with Crippen molar-refractivity contribution in [2.45, 2.75) is 18.2 Å². The summed E-state index contributed by atoms with van der Waals surface area (Å²) in [7, 11) is -3.95. The maximum atomic E-state index is 12.9. The molecule has 0 aliphatic carbocycles. The van der Waals surface area contributed by atoms with Crippen molar-refractivity contribution in [3.8, 4) is 6.07 Å². The van der Waals surface area contributed by atoms with Crippen molar-refractivity contribution < 1.29 is 12.8 Å². The van der Waals surface area contributed by atoms with Gasteiger partial charge in [-0.1, -0.05) is 31.2 Å². The van der Waals surface area contributed by atoms with Crippen LogP contribution in [0.5, 0.6) is 0 Å². The highest BCUT2D eigenvalue weighted by atomic mass is 32.2. The lowest BCUT2D eigenvalue weighted by Gasteiger charge is -2.03. The first kappa shape index (κ1) is 15.9. The van der Waals surface area contributed by atoms with E-state index in [1.165, 1.54) is 6.08 Å². The summed E-state index contributed by atoms with van der Waals surface area (Å²) < 4.78 is 37.7. The molecule has 0 atom stereocenters. The largest absolute Gasteiger partial charge is 0.218 e. The number of nitriles is 1. The monoisotopic (exact) mass is 315 g/mol. The van der Waals surface area contributed by atoms with E-state index >= 15 is 0 Å². The van der Waals surface area contributed by atoms with Gasteiger partial charge >= 0.3 is 0 Å². The Kier molecular flexibility index (Phi) is 4.74. The fourth-order valence-corrected chi connectivity index (χ4v) is 3.07. The van der Waals surface area contributed by atoms with E-state index in [9.17, 15) is 12.8 Å². The van der Waals surface area contributed by atoms with Gasteiger partial charge in [0.15, 0.2) is 0 Å². The van der Waals surface area contributed by atoms with E-state index in [4.69, 9.17) is 5.26 Å². The molecule has 0 bridgehead atoms. The Morgan fingerprint density at radius 3 is 2.23 bits per heavy atom. The molecule has 0 saturated heterocycles. The fourth-order valence-electron chi connectivity index (χ4n) is 1.91. The maximum absolute atomic E-state index is 12.9. The normalized spacial score (nSPS) is 12.0. The van der Waals surface area contributed by atoms with Gasteiger partial charge in [0.2, 0.25) is 9.84 Å². The van der Waals surface area contributed by atoms with Crippen LogP contribution in [0.3, 0.4) is 0 Å². The molecule has 22 heavy (non-hydrogen) atoms. The van der Waals surface area contributed by atoms with Crippen molar-refractivity contribution in [3.05, 3.63) is 70.4 Å². The number of hydrogen-bond acceptors (Lipinski definition) is 3. The SMILES string of the molecule is CCc1ccc(/C=C(\C#N)S(=O)(=O)c2ccc(F)cc2)cc1. The van der Waals surface area contributed by atoms with Gasteiger partial charge in [-0.05, 0) is 47.9 Å². The van der Waals surface area contributed by atoms with Gasteiger partial charge < -0.3 is 0 Å². The molecule has 0 heterocycles. The Hall–Kier alpha value is -2.45. The van der Waals surface area contributed by atoms with Crippen molar-refractivity contribution in [2.24, 2.45) is 0 Å². The van der Waals surface area contributed by atoms with Crippen LogP contribution in [0.2, 0.25) is 0 Å². The lowest BCUT2D eigenvalue weighted by molar-refractivity contribution is 0.601. The fraction of sp³-hybridized carbons (Fsp3) is 0.118. The molecule has 0 aromatic heterocycles. The van der Waals surface area contributed by atoms with Crippen LogP contribution in [0, 0.1) is 17.1 Å². The minimum absolute atomic E-state index is 0.105. The van der Waals surface area contributed by atoms with Crippen LogP contribution >= 0.6 is 0 Å². The summed E-state index contributed by atoms with van der Waals surface area (Å²) in [6, 6.07) is 13.4. The molecule has 2 rings (SSSR count). The lowest BCUT2D eigenvalue weighted by atomic mass is 10.1. The first-order valence-electron chi connectivity index (χ1n) is 6.68. The minimum atomic E-state index is -3.95. The second-order valence-corrected chi connectivity index (χ2v) is 6.59. The molecule has 0 saturated carbocycles. The Morgan fingerprint density at radius 1 is 1.14 bits per heavy atom. The Labute approximate surface area is 129 Å². The van der Waals surface area contributed by atoms with E-state index in [1.54, 1.807) is 18.2 Å². The first-order chi connectivity index (χ1) is 10.5. The molecular weight excluding hydrogens is 301 g/mol. The quantitative estimate of drug-likeness (QED) is 0.638. The summed E-state index contributed by atoms with van der Waals surface area (Å²) in [6.45, 7) is 2.02. The van der Waals surface area contributed by atoms with Crippen molar-refractivity contribution in [2.75, 3.05) is 0 Å². The molecule has 0 amide bonds. The highest BCUT2D eigenvalue weighted by Gasteiger charge is 2.20. The first-order valence-corrected chi connectivity index (χ1v) is 8.17. The molecule has 0 aliphatic rings. The molecular formula is C17H14FNO2S. The minimum Gasteiger partial charge on any atom is -0.218 e. The third kappa shape index (κ3) is 3.41. The van der Waals surface area contributed by atoms with Crippen molar-refractivity contribution in [1.29, 1.82) is 5.26 Å². The van der Waals surface area contributed by atoms with Crippen LogP contribution in [0.25, 0.3) is 6.08 Å². The summed E-state index contributed by atoms with van der Waals surface area (Å²) >= 11 is 0. The molecule has 3 nitrogen and oxygen atoms in total. The number of aryl methyl sites for hydroxylation is 1. The van der Waals surface area contributed by atoms with Crippen LogP contribution < -0.4 is 0 Å². The molecule has 0 unspecified atom stereocenters. The highest BCUT2D eigenvalue weighted by molar-refractivity contribution is 7.95. The van der Waals surface area contributed by atoms with Gasteiger partial charge in [-0.2, -0.15) is 5.26 Å². The molecule has 0 aliphatic heterocycles. The molecule has 2 aromatic carbocycles. The summed E-state index contributed by atoms with van der Waals surface area (Å²) in [5.41, 5.74) is 1.75. The van der Waals surface area contributed by atoms with Crippen LogP contribution in [0.4, 0.5) is 4.39 Å². The maximum Gasteiger partial charge on any atom is 0.216 e. The number of nitrogens with zero attached hydrogens (tertiary/aromatic N) is 1. The Bertz CT molecular complexity index is 830. The number of benzene rings is 2. The van der Waals surface area contributed by atoms with Crippen LogP contribution in [0.15, 0.2) is 58.3 Å². The number of allylic oxidation sites excluding steroid dienone is 1. The van der Waals surface area contributed by atoms with Gasteiger partial charge in [0.25, 0.3) is 0 Å². The van der Waals surface area contributed by atoms with E-state index in [0.29, 0.717) is 5.56 Å². The summed E-state index contributed by atoms with van der Waals surface area (Å²) in [5.74, 6) is -0.531. The second-order valence-electron chi connectivity index (χ2n) is 4.67. The zero-order valence-electron chi connectivity index (χ0n) is 12.0. The van der Waals surface area contributed by atoms with Crippen molar-refractivity contribution in [1.82, 2.24) is 0 Å². The second kappa shape index (κ2) is 6.54. The summed E-state index contributed by atoms with van der Waals surface area (Å²) in [6.07, 6.45) is 2.20. The molecule has 0 fully saturated rings. The molecule has 5 heteroatoms. The molecule has 112 valence electrons. The van der Waals surface area contributed by atoms with E-state index in [0.717, 1.165) is 36.2 Å². The highest BCUT2D eigenvalue weighted by Crippen LogP contribution is 2.21. The van der Waals surface area contributed by atoms with E-state index in [1.807, 2.05) is 19.1 Å². The van der Waals surface area contributed by atoms with Gasteiger partial charge in [0.1, 0.15) is 16.8 Å². The number of rotatable bonds is 4. The molecule has 0 N–H and O–H groups in total. The molecule has 2 aromatic rings. The summed E-state index contributed by atoms with van der Waals surface area (Å²) in [5, 5.41) is 9.17. The van der Waals surface area contributed by atoms with Crippen molar-refractivity contribution in [3.63, 3.8) is 0 Å². The topological polar surface area (TPSA) is 57.9 Å². The van der Waals surface area contributed by atoms with Gasteiger partial charge in [-0.3, -0.25) is 0 Å². The molecule has 0 radical (unpaired) electrons. The number of sulfone groups is 1. The van der Waals surface area contributed by atoms with E-state index in [-0.39, 0.29) is 9.80 Å². The summed E-state index contributed by atoms with van der Waals surface area (Å²) in [4.78, 5) is -0.477. The van der Waals surface area contributed by atoms with Gasteiger partial charge in [-0.15, -0.1) is 0 Å². The average molecular weight is 315 g/mol. The number of halogens is 1. The lowest BCUT2D eigenvalue weighted by Crippen LogP contribution is -2.03. The number of hydrogen-bond donors (Lipinski definition) is 0. The van der Waals surface area contributed by atoms with E-state index < -0.39 is 15.7 Å². The zero-order chi connectivity index (χ0) is 16.2. The predicted molar refractivity (Wildman–Crippen MR) is 83.0 cm³/mol. The van der Waals surface area contributed by atoms with Crippen LogP contribution in [-0.2, 0) is 16.3 Å². The predicted octanol–water partition coefficient (Wildman–Crippen LogP) is 3.73. The third-order valence-electron chi connectivity index (χ3n) is 3.21. The average Bonchev–Trinajstić information content (AvgIpc) is 2.53.